The Kier molecular flexibility index (Phi) is 4.39. The maximum absolute atomic E-state index is 6.10. The zero-order chi connectivity index (χ0) is 13.8. The molecule has 1 aromatic carbocycles. The molecule has 100 valence electrons. The number of halogens is 1. The molecule has 0 aliphatic heterocycles. The Morgan fingerprint density at radius 2 is 2.32 bits per heavy atom. The average molecular weight is 296 g/mol. The van der Waals surface area contributed by atoms with Crippen LogP contribution in [0.4, 0.5) is 0 Å². The van der Waals surface area contributed by atoms with Crippen molar-refractivity contribution >= 4 is 28.8 Å². The molecular weight excluding hydrogens is 282 g/mol. The summed E-state index contributed by atoms with van der Waals surface area (Å²) >= 11 is 11.0. The lowest BCUT2D eigenvalue weighted by Crippen LogP contribution is -2.09. The Hall–Kier alpha value is -1.59. The quantitative estimate of drug-likeness (QED) is 0.860. The van der Waals surface area contributed by atoms with E-state index in [-0.39, 0.29) is 0 Å². The Morgan fingerprint density at radius 1 is 1.53 bits per heavy atom. The zero-order valence-electron chi connectivity index (χ0n) is 10.5. The van der Waals surface area contributed by atoms with Crippen molar-refractivity contribution in [3.63, 3.8) is 0 Å². The van der Waals surface area contributed by atoms with Crippen molar-refractivity contribution in [2.45, 2.75) is 6.42 Å². The third kappa shape index (κ3) is 3.68. The van der Waals surface area contributed by atoms with Crippen LogP contribution in [0, 0.1) is 0 Å². The van der Waals surface area contributed by atoms with Crippen molar-refractivity contribution in [3.05, 3.63) is 46.7 Å². The number of rotatable bonds is 5. The van der Waals surface area contributed by atoms with Crippen molar-refractivity contribution in [2.24, 2.45) is 12.8 Å². The standard InChI is InChI=1S/C13H14ClN3OS/c1-17-8-9(7-16-17)4-5-18-12-3-2-10(13(15)19)6-11(12)14/h2-3,6-8H,4-5H2,1H3,(H2,15,19). The van der Waals surface area contributed by atoms with Gasteiger partial charge in [0.05, 0.1) is 17.8 Å². The zero-order valence-corrected chi connectivity index (χ0v) is 12.0. The van der Waals surface area contributed by atoms with Gasteiger partial charge in [-0.1, -0.05) is 23.8 Å². The van der Waals surface area contributed by atoms with Gasteiger partial charge in [0, 0.05) is 25.2 Å². The maximum atomic E-state index is 6.10. The van der Waals surface area contributed by atoms with Gasteiger partial charge in [0.15, 0.2) is 0 Å². The van der Waals surface area contributed by atoms with Gasteiger partial charge < -0.3 is 10.5 Å². The minimum atomic E-state index is 0.323. The first-order valence-corrected chi connectivity index (χ1v) is 6.54. The number of thiocarbonyl (C=S) groups is 1. The third-order valence-corrected chi connectivity index (χ3v) is 3.15. The van der Waals surface area contributed by atoms with Crippen molar-refractivity contribution in [1.29, 1.82) is 0 Å². The summed E-state index contributed by atoms with van der Waals surface area (Å²) in [6.45, 7) is 0.540. The van der Waals surface area contributed by atoms with E-state index >= 15 is 0 Å². The predicted octanol–water partition coefficient (Wildman–Crippen LogP) is 2.33. The number of benzene rings is 1. The second-order valence-corrected chi connectivity index (χ2v) is 4.98. The Morgan fingerprint density at radius 3 is 2.89 bits per heavy atom. The van der Waals surface area contributed by atoms with E-state index in [9.17, 15) is 0 Å². The van der Waals surface area contributed by atoms with Gasteiger partial charge in [-0.05, 0) is 23.8 Å². The lowest BCUT2D eigenvalue weighted by atomic mass is 10.2. The summed E-state index contributed by atoms with van der Waals surface area (Å²) in [6.07, 6.45) is 4.56. The highest BCUT2D eigenvalue weighted by atomic mass is 35.5. The molecule has 2 N–H and O–H groups in total. The van der Waals surface area contributed by atoms with Crippen molar-refractivity contribution < 1.29 is 4.74 Å². The Balaban J connectivity index is 1.94. The summed E-state index contributed by atoms with van der Waals surface area (Å²) in [5, 5.41) is 4.61. The van der Waals surface area contributed by atoms with Crippen LogP contribution < -0.4 is 10.5 Å². The van der Waals surface area contributed by atoms with E-state index in [0.717, 1.165) is 17.5 Å². The van der Waals surface area contributed by atoms with E-state index in [0.29, 0.717) is 22.4 Å². The first kappa shape index (κ1) is 13.8. The van der Waals surface area contributed by atoms with Crippen LogP contribution in [-0.4, -0.2) is 21.4 Å². The molecule has 0 radical (unpaired) electrons. The van der Waals surface area contributed by atoms with Crippen LogP contribution >= 0.6 is 23.8 Å². The number of hydrogen-bond acceptors (Lipinski definition) is 3. The normalized spacial score (nSPS) is 10.4. The number of nitrogens with zero attached hydrogens (tertiary/aromatic N) is 2. The van der Waals surface area contributed by atoms with Gasteiger partial charge in [-0.15, -0.1) is 0 Å². The molecule has 4 nitrogen and oxygen atoms in total. The Bertz CT molecular complexity index is 597. The van der Waals surface area contributed by atoms with Crippen LogP contribution in [0.25, 0.3) is 0 Å². The van der Waals surface area contributed by atoms with Crippen molar-refractivity contribution in [3.8, 4) is 5.75 Å². The SMILES string of the molecule is Cn1cc(CCOc2ccc(C(N)=S)cc2Cl)cn1. The number of aryl methyl sites for hydroxylation is 1. The van der Waals surface area contributed by atoms with Crippen LogP contribution in [0.5, 0.6) is 5.75 Å². The van der Waals surface area contributed by atoms with Crippen LogP contribution in [0.1, 0.15) is 11.1 Å². The topological polar surface area (TPSA) is 53.1 Å². The van der Waals surface area contributed by atoms with Crippen molar-refractivity contribution in [2.75, 3.05) is 6.61 Å². The van der Waals surface area contributed by atoms with Gasteiger partial charge in [-0.2, -0.15) is 5.10 Å². The average Bonchev–Trinajstić information content (AvgIpc) is 2.77. The third-order valence-electron chi connectivity index (χ3n) is 2.62. The molecule has 2 rings (SSSR count). The highest BCUT2D eigenvalue weighted by Crippen LogP contribution is 2.25. The molecule has 0 fully saturated rings. The fourth-order valence-corrected chi connectivity index (χ4v) is 2.01. The van der Waals surface area contributed by atoms with Gasteiger partial charge >= 0.3 is 0 Å². The van der Waals surface area contributed by atoms with Crippen LogP contribution in [0.3, 0.4) is 0 Å². The smallest absolute Gasteiger partial charge is 0.137 e. The molecule has 6 heteroatoms. The molecule has 0 saturated heterocycles. The summed E-state index contributed by atoms with van der Waals surface area (Å²) in [6, 6.07) is 5.29. The minimum Gasteiger partial charge on any atom is -0.492 e. The van der Waals surface area contributed by atoms with E-state index < -0.39 is 0 Å². The summed E-state index contributed by atoms with van der Waals surface area (Å²) in [4.78, 5) is 0.323. The highest BCUT2D eigenvalue weighted by Gasteiger charge is 2.05. The minimum absolute atomic E-state index is 0.323. The number of hydrogen-bond donors (Lipinski definition) is 1. The van der Waals surface area contributed by atoms with Crippen molar-refractivity contribution in [1.82, 2.24) is 9.78 Å². The summed E-state index contributed by atoms with van der Waals surface area (Å²) < 4.78 is 7.39. The molecule has 0 amide bonds. The van der Waals surface area contributed by atoms with E-state index in [1.165, 1.54) is 0 Å². The molecule has 0 aliphatic carbocycles. The monoisotopic (exact) mass is 295 g/mol. The van der Waals surface area contributed by atoms with Gasteiger partial charge in [0.1, 0.15) is 10.7 Å². The maximum Gasteiger partial charge on any atom is 0.137 e. The van der Waals surface area contributed by atoms with E-state index in [4.69, 9.17) is 34.3 Å². The van der Waals surface area contributed by atoms with Gasteiger partial charge in [-0.25, -0.2) is 0 Å². The molecule has 19 heavy (non-hydrogen) atoms. The van der Waals surface area contributed by atoms with E-state index in [1.807, 2.05) is 19.4 Å². The van der Waals surface area contributed by atoms with Gasteiger partial charge in [0.25, 0.3) is 0 Å². The molecule has 0 atom stereocenters. The van der Waals surface area contributed by atoms with Crippen LogP contribution in [0.15, 0.2) is 30.6 Å². The summed E-state index contributed by atoms with van der Waals surface area (Å²) in [5.41, 5.74) is 7.39. The number of nitrogens with two attached hydrogens (primary N) is 1. The summed E-state index contributed by atoms with van der Waals surface area (Å²) in [7, 11) is 1.88. The fraction of sp³-hybridized carbons (Fsp3) is 0.231. The molecule has 1 heterocycles. The molecule has 1 aromatic heterocycles. The lowest BCUT2D eigenvalue weighted by Gasteiger charge is -2.08. The van der Waals surface area contributed by atoms with Gasteiger partial charge in [-0.3, -0.25) is 4.68 Å². The van der Waals surface area contributed by atoms with Crippen LogP contribution in [0.2, 0.25) is 5.02 Å². The molecule has 0 spiro atoms. The molecule has 0 aliphatic rings. The van der Waals surface area contributed by atoms with E-state index in [1.54, 1.807) is 22.9 Å². The van der Waals surface area contributed by atoms with E-state index in [2.05, 4.69) is 5.10 Å². The lowest BCUT2D eigenvalue weighted by molar-refractivity contribution is 0.322. The molecule has 0 saturated carbocycles. The fourth-order valence-electron chi connectivity index (χ4n) is 1.65. The first-order valence-electron chi connectivity index (χ1n) is 5.76. The summed E-state index contributed by atoms with van der Waals surface area (Å²) in [5.74, 6) is 0.630. The number of aromatic nitrogens is 2. The first-order chi connectivity index (χ1) is 9.06. The Labute approximate surface area is 122 Å². The van der Waals surface area contributed by atoms with Gasteiger partial charge in [0.2, 0.25) is 0 Å². The number of ether oxygens (including phenoxy) is 1. The highest BCUT2D eigenvalue weighted by molar-refractivity contribution is 7.80. The predicted molar refractivity (Wildman–Crippen MR) is 79.7 cm³/mol. The molecule has 2 aromatic rings. The largest absolute Gasteiger partial charge is 0.492 e. The van der Waals surface area contributed by atoms with Crippen LogP contribution in [-0.2, 0) is 13.5 Å². The molecule has 0 unspecified atom stereocenters. The molecule has 0 bridgehead atoms. The molecular formula is C13H14ClN3OS. The second-order valence-electron chi connectivity index (χ2n) is 4.13. The second kappa shape index (κ2) is 6.04.